The van der Waals surface area contributed by atoms with E-state index in [-0.39, 0.29) is 0 Å². The Morgan fingerprint density at radius 3 is 1.81 bits per heavy atom. The third-order valence-corrected chi connectivity index (χ3v) is 5.37. The van der Waals surface area contributed by atoms with Gasteiger partial charge in [0.1, 0.15) is 0 Å². The van der Waals surface area contributed by atoms with Crippen LogP contribution in [0.1, 0.15) is 115 Å². The maximum Gasteiger partial charge on any atom is 0.303 e. The van der Waals surface area contributed by atoms with E-state index in [0.29, 0.717) is 6.42 Å². The zero-order chi connectivity index (χ0) is 18.9. The van der Waals surface area contributed by atoms with Crippen molar-refractivity contribution in [2.45, 2.75) is 109 Å². The van der Waals surface area contributed by atoms with Gasteiger partial charge in [0, 0.05) is 6.42 Å². The van der Waals surface area contributed by atoms with Crippen LogP contribution in [0.15, 0.2) is 30.3 Å². The first-order valence-electron chi connectivity index (χ1n) is 11.0. The minimum atomic E-state index is -0.660. The molecule has 0 saturated heterocycles. The van der Waals surface area contributed by atoms with Gasteiger partial charge in [0.25, 0.3) is 0 Å². The smallest absolute Gasteiger partial charge is 0.303 e. The average molecular weight is 361 g/mol. The summed E-state index contributed by atoms with van der Waals surface area (Å²) in [4.78, 5) is 10.5. The van der Waals surface area contributed by atoms with Crippen molar-refractivity contribution >= 4 is 5.97 Å². The van der Waals surface area contributed by atoms with Gasteiger partial charge in [-0.1, -0.05) is 108 Å². The molecule has 0 aliphatic heterocycles. The average Bonchev–Trinajstić information content (AvgIpc) is 2.65. The number of rotatable bonds is 17. The molecule has 0 amide bonds. The molecule has 1 atom stereocenters. The molecule has 2 nitrogen and oxygen atoms in total. The fraction of sp³-hybridized carbons (Fsp3) is 0.708. The first-order chi connectivity index (χ1) is 12.7. The Bertz CT molecular complexity index is 441. The van der Waals surface area contributed by atoms with Gasteiger partial charge in [-0.2, -0.15) is 0 Å². The van der Waals surface area contributed by atoms with Crippen LogP contribution in [0.5, 0.6) is 0 Å². The zero-order valence-corrected chi connectivity index (χ0v) is 16.9. The maximum atomic E-state index is 10.5. The van der Waals surface area contributed by atoms with Crippen LogP contribution in [0.3, 0.4) is 0 Å². The van der Waals surface area contributed by atoms with Crippen molar-refractivity contribution in [3.05, 3.63) is 35.9 Å². The van der Waals surface area contributed by atoms with Crippen molar-refractivity contribution in [1.29, 1.82) is 0 Å². The highest BCUT2D eigenvalue weighted by atomic mass is 16.4. The number of aliphatic carboxylic acids is 1. The van der Waals surface area contributed by atoms with Crippen LogP contribution in [-0.2, 0) is 4.79 Å². The Morgan fingerprint density at radius 1 is 0.769 bits per heavy atom. The number of unbranched alkanes of at least 4 members (excludes halogenated alkanes) is 10. The van der Waals surface area contributed by atoms with E-state index >= 15 is 0 Å². The molecule has 0 aromatic heterocycles. The van der Waals surface area contributed by atoms with Crippen LogP contribution >= 0.6 is 0 Å². The Morgan fingerprint density at radius 2 is 1.27 bits per heavy atom. The zero-order valence-electron chi connectivity index (χ0n) is 16.9. The molecule has 0 aliphatic carbocycles. The lowest BCUT2D eigenvalue weighted by atomic mass is 9.88. The lowest BCUT2D eigenvalue weighted by Crippen LogP contribution is -1.99. The van der Waals surface area contributed by atoms with E-state index in [4.69, 9.17) is 5.11 Å². The van der Waals surface area contributed by atoms with Crippen molar-refractivity contribution in [2.24, 2.45) is 0 Å². The molecule has 0 fully saturated rings. The van der Waals surface area contributed by atoms with Crippen molar-refractivity contribution in [2.75, 3.05) is 0 Å². The van der Waals surface area contributed by atoms with Crippen LogP contribution in [0.25, 0.3) is 0 Å². The molecule has 0 spiro atoms. The van der Waals surface area contributed by atoms with E-state index in [1.807, 2.05) is 0 Å². The molecular weight excluding hydrogens is 320 g/mol. The fourth-order valence-electron chi connectivity index (χ4n) is 3.75. The molecule has 1 N–H and O–H groups in total. The Kier molecular flexibility index (Phi) is 13.9. The van der Waals surface area contributed by atoms with Gasteiger partial charge in [0.15, 0.2) is 0 Å². The molecule has 1 unspecified atom stereocenters. The summed E-state index contributed by atoms with van der Waals surface area (Å²) in [6.07, 6.45) is 18.1. The van der Waals surface area contributed by atoms with Gasteiger partial charge in [0.05, 0.1) is 0 Å². The number of hydrogen-bond acceptors (Lipinski definition) is 1. The SMILES string of the molecule is CCCCCCC(CCCCCCCCCCC(=O)O)c1ccccc1. The number of benzene rings is 1. The Hall–Kier alpha value is -1.31. The molecule has 1 aromatic rings. The van der Waals surface area contributed by atoms with Crippen LogP contribution in [-0.4, -0.2) is 11.1 Å². The van der Waals surface area contributed by atoms with E-state index in [1.54, 1.807) is 0 Å². The van der Waals surface area contributed by atoms with Gasteiger partial charge < -0.3 is 5.11 Å². The van der Waals surface area contributed by atoms with Crippen LogP contribution in [0.2, 0.25) is 0 Å². The third-order valence-electron chi connectivity index (χ3n) is 5.37. The van der Waals surface area contributed by atoms with E-state index in [2.05, 4.69) is 37.3 Å². The van der Waals surface area contributed by atoms with Gasteiger partial charge in [-0.05, 0) is 30.7 Å². The number of carboxylic acids is 1. The minimum absolute atomic E-state index is 0.332. The summed E-state index contributed by atoms with van der Waals surface area (Å²) in [5, 5.41) is 8.62. The molecule has 1 rings (SSSR count). The summed E-state index contributed by atoms with van der Waals surface area (Å²) in [6, 6.07) is 11.1. The summed E-state index contributed by atoms with van der Waals surface area (Å²) in [6.45, 7) is 2.28. The third kappa shape index (κ3) is 12.1. The van der Waals surface area contributed by atoms with E-state index in [9.17, 15) is 4.79 Å². The van der Waals surface area contributed by atoms with Gasteiger partial charge >= 0.3 is 5.97 Å². The second-order valence-electron chi connectivity index (χ2n) is 7.72. The quantitative estimate of drug-likeness (QED) is 0.289. The maximum absolute atomic E-state index is 10.5. The molecule has 0 saturated carbocycles. The highest BCUT2D eigenvalue weighted by molar-refractivity contribution is 5.66. The van der Waals surface area contributed by atoms with Crippen LogP contribution in [0, 0.1) is 0 Å². The molecule has 26 heavy (non-hydrogen) atoms. The summed E-state index contributed by atoms with van der Waals surface area (Å²) < 4.78 is 0. The Balaban J connectivity index is 2.12. The lowest BCUT2D eigenvalue weighted by Gasteiger charge is -2.17. The second kappa shape index (κ2) is 15.9. The molecule has 0 bridgehead atoms. The second-order valence-corrected chi connectivity index (χ2v) is 7.72. The first kappa shape index (κ1) is 22.7. The van der Waals surface area contributed by atoms with E-state index < -0.39 is 5.97 Å². The number of carbonyl (C=O) groups is 1. The van der Waals surface area contributed by atoms with Crippen LogP contribution in [0.4, 0.5) is 0 Å². The first-order valence-corrected chi connectivity index (χ1v) is 11.0. The Labute approximate surface area is 161 Å². The predicted octanol–water partition coefficient (Wildman–Crippen LogP) is 7.73. The summed E-state index contributed by atoms with van der Waals surface area (Å²) in [5.74, 6) is 0.0803. The molecule has 148 valence electrons. The van der Waals surface area contributed by atoms with Gasteiger partial charge in [-0.15, -0.1) is 0 Å². The minimum Gasteiger partial charge on any atom is -0.481 e. The molecule has 1 aromatic carbocycles. The van der Waals surface area contributed by atoms with Crippen molar-refractivity contribution in [3.63, 3.8) is 0 Å². The fourth-order valence-corrected chi connectivity index (χ4v) is 3.75. The summed E-state index contributed by atoms with van der Waals surface area (Å²) in [7, 11) is 0. The van der Waals surface area contributed by atoms with Gasteiger partial charge in [-0.25, -0.2) is 0 Å². The standard InChI is InChI=1S/C24H40O2/c1-2-3-4-12-17-22(23-19-14-11-15-20-23)18-13-9-7-5-6-8-10-16-21-24(25)26/h11,14-15,19-20,22H,2-10,12-13,16-18,21H2,1H3,(H,25,26). The number of hydrogen-bond donors (Lipinski definition) is 1. The molecular formula is C24H40O2. The molecule has 2 heteroatoms. The molecule has 0 heterocycles. The summed E-state index contributed by atoms with van der Waals surface area (Å²) in [5.41, 5.74) is 1.53. The van der Waals surface area contributed by atoms with Gasteiger partial charge in [0.2, 0.25) is 0 Å². The van der Waals surface area contributed by atoms with E-state index in [1.165, 1.54) is 82.6 Å². The van der Waals surface area contributed by atoms with E-state index in [0.717, 1.165) is 18.8 Å². The predicted molar refractivity (Wildman–Crippen MR) is 112 cm³/mol. The highest BCUT2D eigenvalue weighted by Gasteiger charge is 2.10. The molecule has 0 radical (unpaired) electrons. The van der Waals surface area contributed by atoms with Crippen LogP contribution < -0.4 is 0 Å². The largest absolute Gasteiger partial charge is 0.481 e. The normalized spacial score (nSPS) is 12.2. The lowest BCUT2D eigenvalue weighted by molar-refractivity contribution is -0.137. The molecule has 0 aliphatic rings. The van der Waals surface area contributed by atoms with Crippen molar-refractivity contribution < 1.29 is 9.90 Å². The highest BCUT2D eigenvalue weighted by Crippen LogP contribution is 2.28. The van der Waals surface area contributed by atoms with Crippen molar-refractivity contribution in [3.8, 4) is 0 Å². The van der Waals surface area contributed by atoms with Crippen molar-refractivity contribution in [1.82, 2.24) is 0 Å². The van der Waals surface area contributed by atoms with Gasteiger partial charge in [-0.3, -0.25) is 4.79 Å². The summed E-state index contributed by atoms with van der Waals surface area (Å²) >= 11 is 0. The number of carboxylic acid groups (broad SMARTS) is 1. The monoisotopic (exact) mass is 360 g/mol. The topological polar surface area (TPSA) is 37.3 Å².